The Kier molecular flexibility index (Phi) is 6.19. The van der Waals surface area contributed by atoms with Crippen molar-refractivity contribution in [1.82, 2.24) is 0 Å². The number of fused-ring (bicyclic) bond motifs is 9. The second-order valence-corrected chi connectivity index (χ2v) is 15.9. The molecule has 0 N–H and O–H groups in total. The van der Waals surface area contributed by atoms with Gasteiger partial charge in [0.25, 0.3) is 0 Å². The SMILES string of the molecule is c1ccc(C2(c3ccccc3)c3cc(-c4ccc5c6c(cccc46)-c4ccccc4-5)ccc3-c3ccc(-c4ccc5c6c(cccc46)-c4ccccc4-5)cc32)cc1. The van der Waals surface area contributed by atoms with Crippen LogP contribution in [0.4, 0.5) is 0 Å². The Morgan fingerprint density at radius 2 is 0.561 bits per heavy atom. The lowest BCUT2D eigenvalue weighted by atomic mass is 9.67. The van der Waals surface area contributed by atoms with Crippen LogP contribution in [0.15, 0.2) is 206 Å². The maximum Gasteiger partial charge on any atom is 0.0713 e. The van der Waals surface area contributed by atoms with Gasteiger partial charge in [0.05, 0.1) is 5.41 Å². The van der Waals surface area contributed by atoms with Crippen molar-refractivity contribution in [2.75, 3.05) is 0 Å². The van der Waals surface area contributed by atoms with E-state index in [0.29, 0.717) is 0 Å². The molecule has 0 heteroatoms. The largest absolute Gasteiger partial charge is 0.0713 e. The van der Waals surface area contributed by atoms with Crippen molar-refractivity contribution >= 4 is 21.5 Å². The van der Waals surface area contributed by atoms with E-state index in [1.165, 1.54) is 122 Å². The van der Waals surface area contributed by atoms with Crippen LogP contribution in [0.3, 0.4) is 0 Å². The standard InChI is InChI=1S/C57H34/c1-3-13-37(14-4-1)57(38-15-5-2-6-16-38)53-33-35(39-29-31-51-43-19-9-7-17-41(43)49-23-11-21-47(39)55(49)51)25-27-45(53)46-28-26-36(34-54(46)57)40-30-32-52-44-20-10-8-18-42(44)50-24-12-22-48(40)56(50)52/h1-34H. The van der Waals surface area contributed by atoms with Gasteiger partial charge in [-0.3, -0.25) is 0 Å². The second-order valence-electron chi connectivity index (χ2n) is 15.9. The van der Waals surface area contributed by atoms with Gasteiger partial charge in [-0.2, -0.15) is 0 Å². The van der Waals surface area contributed by atoms with Crippen LogP contribution in [0.2, 0.25) is 0 Å². The molecule has 0 unspecified atom stereocenters. The smallest absolute Gasteiger partial charge is 0.0622 e. The highest BCUT2D eigenvalue weighted by Gasteiger charge is 2.46. The lowest BCUT2D eigenvalue weighted by Crippen LogP contribution is -2.28. The molecule has 3 aliphatic rings. The molecule has 0 atom stereocenters. The lowest BCUT2D eigenvalue weighted by molar-refractivity contribution is 0.769. The third-order valence-electron chi connectivity index (χ3n) is 13.3. The van der Waals surface area contributed by atoms with Gasteiger partial charge in [-0.25, -0.2) is 0 Å². The van der Waals surface area contributed by atoms with Crippen molar-refractivity contribution < 1.29 is 0 Å². The van der Waals surface area contributed by atoms with Crippen molar-refractivity contribution in [3.05, 3.63) is 229 Å². The van der Waals surface area contributed by atoms with Gasteiger partial charge in [-0.15, -0.1) is 0 Å². The number of hydrogen-bond acceptors (Lipinski definition) is 0. The summed E-state index contributed by atoms with van der Waals surface area (Å²) in [5.41, 5.74) is 22.9. The normalized spacial score (nSPS) is 13.4. The molecule has 0 spiro atoms. The van der Waals surface area contributed by atoms with Crippen LogP contribution in [0, 0.1) is 0 Å². The zero-order valence-electron chi connectivity index (χ0n) is 31.1. The van der Waals surface area contributed by atoms with Crippen LogP contribution in [0.1, 0.15) is 22.3 Å². The van der Waals surface area contributed by atoms with E-state index in [-0.39, 0.29) is 0 Å². The van der Waals surface area contributed by atoms with Crippen LogP contribution in [0.5, 0.6) is 0 Å². The Morgan fingerprint density at radius 3 is 0.982 bits per heavy atom. The van der Waals surface area contributed by atoms with Gasteiger partial charge in [0.15, 0.2) is 0 Å². The molecule has 57 heavy (non-hydrogen) atoms. The average molecular weight is 719 g/mol. The highest BCUT2D eigenvalue weighted by molar-refractivity contribution is 6.20. The second kappa shape index (κ2) is 11.4. The highest BCUT2D eigenvalue weighted by atomic mass is 14.5. The minimum absolute atomic E-state index is 0.532. The van der Waals surface area contributed by atoms with Gasteiger partial charge in [0.2, 0.25) is 0 Å². The molecular formula is C57H34. The zero-order chi connectivity index (χ0) is 37.2. The Labute approximate surface area is 332 Å². The Bertz CT molecular complexity index is 3050. The fraction of sp³-hybridized carbons (Fsp3) is 0.0175. The summed E-state index contributed by atoms with van der Waals surface area (Å²) in [4.78, 5) is 0. The van der Waals surface area contributed by atoms with E-state index < -0.39 is 5.41 Å². The van der Waals surface area contributed by atoms with Gasteiger partial charge in [0.1, 0.15) is 0 Å². The maximum atomic E-state index is 2.51. The monoisotopic (exact) mass is 718 g/mol. The Morgan fingerprint density at radius 1 is 0.228 bits per heavy atom. The molecule has 10 aromatic rings. The molecule has 0 bridgehead atoms. The molecule has 3 aliphatic carbocycles. The molecule has 0 saturated carbocycles. The molecule has 0 aromatic heterocycles. The minimum Gasteiger partial charge on any atom is -0.0622 e. The highest BCUT2D eigenvalue weighted by Crippen LogP contribution is 2.59. The summed E-state index contributed by atoms with van der Waals surface area (Å²) in [5.74, 6) is 0. The van der Waals surface area contributed by atoms with Gasteiger partial charge >= 0.3 is 0 Å². The van der Waals surface area contributed by atoms with E-state index in [1.54, 1.807) is 0 Å². The van der Waals surface area contributed by atoms with Crippen molar-refractivity contribution in [2.45, 2.75) is 5.41 Å². The lowest BCUT2D eigenvalue weighted by Gasteiger charge is -2.34. The molecule has 10 aromatic carbocycles. The third kappa shape index (κ3) is 4.02. The summed E-state index contributed by atoms with van der Waals surface area (Å²) in [7, 11) is 0. The first-order chi connectivity index (χ1) is 28.3. The fourth-order valence-corrected chi connectivity index (χ4v) is 10.9. The van der Waals surface area contributed by atoms with E-state index >= 15 is 0 Å². The first kappa shape index (κ1) is 31.0. The summed E-state index contributed by atoms with van der Waals surface area (Å²) in [5, 5.41) is 5.32. The van der Waals surface area contributed by atoms with Crippen LogP contribution >= 0.6 is 0 Å². The summed E-state index contributed by atoms with van der Waals surface area (Å²) in [6.07, 6.45) is 0. The molecule has 0 saturated heterocycles. The topological polar surface area (TPSA) is 0 Å². The van der Waals surface area contributed by atoms with Crippen molar-refractivity contribution in [1.29, 1.82) is 0 Å². The Hall–Kier alpha value is -7.28. The first-order valence-corrected chi connectivity index (χ1v) is 20.0. The predicted molar refractivity (Wildman–Crippen MR) is 238 cm³/mol. The van der Waals surface area contributed by atoms with Crippen LogP contribution in [-0.2, 0) is 5.41 Å². The molecule has 0 radical (unpaired) electrons. The van der Waals surface area contributed by atoms with E-state index in [0.717, 1.165) is 0 Å². The van der Waals surface area contributed by atoms with E-state index in [1.807, 2.05) is 0 Å². The van der Waals surface area contributed by atoms with Crippen molar-refractivity contribution in [3.63, 3.8) is 0 Å². The van der Waals surface area contributed by atoms with Crippen molar-refractivity contribution in [2.24, 2.45) is 0 Å². The molecule has 262 valence electrons. The number of benzene rings is 10. The third-order valence-corrected chi connectivity index (χ3v) is 13.3. The molecule has 0 aliphatic heterocycles. The number of rotatable bonds is 4. The molecule has 0 amide bonds. The van der Waals surface area contributed by atoms with Gasteiger partial charge in [0, 0.05) is 0 Å². The van der Waals surface area contributed by atoms with Crippen LogP contribution < -0.4 is 0 Å². The molecule has 0 nitrogen and oxygen atoms in total. The van der Waals surface area contributed by atoms with Gasteiger partial charge in [-0.1, -0.05) is 194 Å². The average Bonchev–Trinajstić information content (AvgIpc) is 3.90. The molecule has 0 fully saturated rings. The Balaban J connectivity index is 1.07. The summed E-state index contributed by atoms with van der Waals surface area (Å²) >= 11 is 0. The molecule has 0 heterocycles. The summed E-state index contributed by atoms with van der Waals surface area (Å²) < 4.78 is 0. The van der Waals surface area contributed by atoms with E-state index in [4.69, 9.17) is 0 Å². The molecular weight excluding hydrogens is 685 g/mol. The summed E-state index contributed by atoms with van der Waals surface area (Å²) in [6, 6.07) is 77.7. The molecule has 13 rings (SSSR count). The predicted octanol–water partition coefficient (Wildman–Crippen LogP) is 15.0. The zero-order valence-corrected chi connectivity index (χ0v) is 31.1. The first-order valence-electron chi connectivity index (χ1n) is 20.0. The number of hydrogen-bond donors (Lipinski definition) is 0. The van der Waals surface area contributed by atoms with Gasteiger partial charge in [-0.05, 0) is 134 Å². The fourth-order valence-electron chi connectivity index (χ4n) is 10.9. The maximum absolute atomic E-state index is 2.51. The minimum atomic E-state index is -0.532. The van der Waals surface area contributed by atoms with E-state index in [2.05, 4.69) is 206 Å². The summed E-state index contributed by atoms with van der Waals surface area (Å²) in [6.45, 7) is 0. The van der Waals surface area contributed by atoms with Gasteiger partial charge < -0.3 is 0 Å². The van der Waals surface area contributed by atoms with Crippen LogP contribution in [-0.4, -0.2) is 0 Å². The van der Waals surface area contributed by atoms with Crippen LogP contribution in [0.25, 0.3) is 99.4 Å². The quantitative estimate of drug-likeness (QED) is 0.170. The van der Waals surface area contributed by atoms with E-state index in [9.17, 15) is 0 Å². The van der Waals surface area contributed by atoms with Crippen molar-refractivity contribution in [3.8, 4) is 77.9 Å².